The second-order valence-corrected chi connectivity index (χ2v) is 4.37. The van der Waals surface area contributed by atoms with E-state index in [2.05, 4.69) is 23.2 Å². The number of nitrogens with one attached hydrogen (secondary N) is 1. The van der Waals surface area contributed by atoms with E-state index in [0.29, 0.717) is 0 Å². The molecule has 0 bridgehead atoms. The summed E-state index contributed by atoms with van der Waals surface area (Å²) >= 11 is 0. The minimum absolute atomic E-state index is 0.0832. The van der Waals surface area contributed by atoms with Crippen LogP contribution in [0.5, 0.6) is 0 Å². The molecule has 3 nitrogen and oxygen atoms in total. The fourth-order valence-electron chi connectivity index (χ4n) is 2.59. The van der Waals surface area contributed by atoms with Crippen molar-refractivity contribution >= 4 is 10.9 Å². The van der Waals surface area contributed by atoms with Crippen LogP contribution in [0, 0.1) is 0 Å². The van der Waals surface area contributed by atoms with Gasteiger partial charge in [-0.3, -0.25) is 0 Å². The Morgan fingerprint density at radius 2 is 2.00 bits per heavy atom. The maximum atomic E-state index is 6.15. The third-order valence-electron chi connectivity index (χ3n) is 3.22. The minimum Gasteiger partial charge on any atom is -0.358 e. The Hall–Kier alpha value is -1.32. The summed E-state index contributed by atoms with van der Waals surface area (Å²) in [7, 11) is 0. The van der Waals surface area contributed by atoms with Crippen molar-refractivity contribution in [3.05, 3.63) is 35.5 Å². The third kappa shape index (κ3) is 1.28. The maximum absolute atomic E-state index is 6.15. The predicted octanol–water partition coefficient (Wildman–Crippen LogP) is 1.44. The molecule has 2 unspecified atom stereocenters. The number of rotatable bonds is 0. The number of nitrogens with two attached hydrogens (primary N) is 2. The number of aromatic nitrogens is 1. The molecule has 1 aromatic heterocycles. The average molecular weight is 201 g/mol. The van der Waals surface area contributed by atoms with Crippen LogP contribution in [-0.2, 0) is 6.42 Å². The Morgan fingerprint density at radius 3 is 2.87 bits per heavy atom. The quantitative estimate of drug-likeness (QED) is 0.603. The predicted molar refractivity (Wildman–Crippen MR) is 61.5 cm³/mol. The van der Waals surface area contributed by atoms with Gasteiger partial charge in [-0.1, -0.05) is 18.2 Å². The van der Waals surface area contributed by atoms with Gasteiger partial charge in [-0.15, -0.1) is 0 Å². The molecule has 1 aliphatic carbocycles. The zero-order chi connectivity index (χ0) is 10.4. The van der Waals surface area contributed by atoms with Crippen LogP contribution in [-0.4, -0.2) is 11.0 Å². The third-order valence-corrected chi connectivity index (χ3v) is 3.22. The monoisotopic (exact) mass is 201 g/mol. The second-order valence-electron chi connectivity index (χ2n) is 4.37. The van der Waals surface area contributed by atoms with Crippen LogP contribution in [0.25, 0.3) is 10.9 Å². The van der Waals surface area contributed by atoms with Gasteiger partial charge in [0.05, 0.1) is 0 Å². The van der Waals surface area contributed by atoms with Crippen molar-refractivity contribution < 1.29 is 0 Å². The van der Waals surface area contributed by atoms with Gasteiger partial charge in [-0.2, -0.15) is 0 Å². The molecule has 3 heteroatoms. The lowest BCUT2D eigenvalue weighted by molar-refractivity contribution is 0.498. The van der Waals surface area contributed by atoms with Gasteiger partial charge in [0.25, 0.3) is 0 Å². The molecule has 0 saturated heterocycles. The van der Waals surface area contributed by atoms with Crippen LogP contribution in [0.3, 0.4) is 0 Å². The van der Waals surface area contributed by atoms with Crippen molar-refractivity contribution in [1.29, 1.82) is 0 Å². The van der Waals surface area contributed by atoms with Crippen molar-refractivity contribution in [3.8, 4) is 0 Å². The van der Waals surface area contributed by atoms with Gasteiger partial charge in [0.2, 0.25) is 0 Å². The van der Waals surface area contributed by atoms with Crippen molar-refractivity contribution in [3.63, 3.8) is 0 Å². The van der Waals surface area contributed by atoms with E-state index in [4.69, 9.17) is 11.5 Å². The molecule has 0 saturated carbocycles. The number of fused-ring (bicyclic) bond motifs is 3. The van der Waals surface area contributed by atoms with Crippen LogP contribution in [0.15, 0.2) is 24.3 Å². The average Bonchev–Trinajstić information content (AvgIpc) is 2.54. The molecule has 3 rings (SSSR count). The lowest BCUT2D eigenvalue weighted by Gasteiger charge is -2.24. The van der Waals surface area contributed by atoms with Crippen LogP contribution >= 0.6 is 0 Å². The fourth-order valence-corrected chi connectivity index (χ4v) is 2.59. The van der Waals surface area contributed by atoms with E-state index in [-0.39, 0.29) is 12.1 Å². The first-order chi connectivity index (χ1) is 7.25. The van der Waals surface area contributed by atoms with Crippen molar-refractivity contribution in [2.75, 3.05) is 0 Å². The number of H-pyrrole nitrogens is 1. The summed E-state index contributed by atoms with van der Waals surface area (Å²) in [6.07, 6.45) is 1.80. The Bertz CT molecular complexity index is 501. The molecule has 1 heterocycles. The summed E-state index contributed by atoms with van der Waals surface area (Å²) in [4.78, 5) is 3.42. The molecule has 5 N–H and O–H groups in total. The van der Waals surface area contributed by atoms with Gasteiger partial charge in [0.1, 0.15) is 0 Å². The molecule has 2 aromatic rings. The lowest BCUT2D eigenvalue weighted by Crippen LogP contribution is -2.33. The summed E-state index contributed by atoms with van der Waals surface area (Å²) in [5, 5.41) is 1.26. The zero-order valence-corrected chi connectivity index (χ0v) is 8.53. The van der Waals surface area contributed by atoms with Crippen molar-refractivity contribution in [2.24, 2.45) is 11.5 Å². The van der Waals surface area contributed by atoms with Crippen LogP contribution in [0.4, 0.5) is 0 Å². The Kier molecular flexibility index (Phi) is 1.84. The molecule has 0 amide bonds. The van der Waals surface area contributed by atoms with Crippen LogP contribution in [0.2, 0.25) is 0 Å². The Labute approximate surface area is 88.5 Å². The second kappa shape index (κ2) is 3.08. The molecule has 0 spiro atoms. The van der Waals surface area contributed by atoms with Gasteiger partial charge in [-0.05, 0) is 18.1 Å². The zero-order valence-electron chi connectivity index (χ0n) is 8.53. The first kappa shape index (κ1) is 8.95. The van der Waals surface area contributed by atoms with Crippen LogP contribution < -0.4 is 11.5 Å². The van der Waals surface area contributed by atoms with Gasteiger partial charge in [0.15, 0.2) is 0 Å². The maximum Gasteiger partial charge on any atom is 0.0459 e. The molecular weight excluding hydrogens is 186 g/mol. The van der Waals surface area contributed by atoms with Gasteiger partial charge in [-0.25, -0.2) is 0 Å². The highest BCUT2D eigenvalue weighted by Crippen LogP contribution is 2.33. The van der Waals surface area contributed by atoms with Crippen LogP contribution in [0.1, 0.15) is 23.7 Å². The Morgan fingerprint density at radius 1 is 1.20 bits per heavy atom. The van der Waals surface area contributed by atoms with Gasteiger partial charge >= 0.3 is 0 Å². The first-order valence-corrected chi connectivity index (χ1v) is 5.36. The van der Waals surface area contributed by atoms with Crippen molar-refractivity contribution in [1.82, 2.24) is 4.98 Å². The summed E-state index contributed by atoms with van der Waals surface area (Å²) in [6.45, 7) is 0. The highest BCUT2D eigenvalue weighted by Gasteiger charge is 2.25. The topological polar surface area (TPSA) is 67.8 Å². The van der Waals surface area contributed by atoms with Gasteiger partial charge < -0.3 is 16.5 Å². The number of para-hydroxylation sites is 1. The highest BCUT2D eigenvalue weighted by atomic mass is 14.8. The molecule has 1 aliphatic rings. The smallest absolute Gasteiger partial charge is 0.0459 e. The lowest BCUT2D eigenvalue weighted by atomic mass is 9.88. The number of benzene rings is 1. The molecule has 2 atom stereocenters. The largest absolute Gasteiger partial charge is 0.358 e. The molecule has 0 radical (unpaired) electrons. The van der Waals surface area contributed by atoms with Gasteiger partial charge in [0, 0.05) is 35.1 Å². The van der Waals surface area contributed by atoms with Crippen molar-refractivity contribution in [2.45, 2.75) is 24.9 Å². The molecular formula is C12H15N3. The van der Waals surface area contributed by atoms with E-state index in [1.54, 1.807) is 0 Å². The summed E-state index contributed by atoms with van der Waals surface area (Å²) in [6, 6.07) is 8.58. The molecule has 1 aromatic carbocycles. The minimum atomic E-state index is 0.0832. The molecule has 15 heavy (non-hydrogen) atoms. The normalized spacial score (nSPS) is 25.5. The number of hydrogen-bond donors (Lipinski definition) is 3. The highest BCUT2D eigenvalue weighted by molar-refractivity contribution is 5.85. The first-order valence-electron chi connectivity index (χ1n) is 5.36. The molecule has 78 valence electrons. The SMILES string of the molecule is NC1Cc2[nH]c3ccccc3c2C(N)C1. The van der Waals surface area contributed by atoms with E-state index in [1.807, 2.05) is 6.07 Å². The summed E-state index contributed by atoms with van der Waals surface area (Å²) < 4.78 is 0. The van der Waals surface area contributed by atoms with E-state index in [0.717, 1.165) is 12.8 Å². The molecule has 0 fully saturated rings. The van der Waals surface area contributed by atoms with E-state index in [1.165, 1.54) is 22.2 Å². The number of aromatic amines is 1. The summed E-state index contributed by atoms with van der Waals surface area (Å²) in [5.74, 6) is 0. The fraction of sp³-hybridized carbons (Fsp3) is 0.333. The van der Waals surface area contributed by atoms with E-state index in [9.17, 15) is 0 Å². The summed E-state index contributed by atoms with van der Waals surface area (Å²) in [5.41, 5.74) is 15.8. The molecule has 0 aliphatic heterocycles. The standard InChI is InChI=1S/C12H15N3/c13-7-5-9(14)12-8-3-1-2-4-10(8)15-11(12)6-7/h1-4,7,9,15H,5-6,13-14H2. The van der Waals surface area contributed by atoms with E-state index < -0.39 is 0 Å². The van der Waals surface area contributed by atoms with E-state index >= 15 is 0 Å². The number of hydrogen-bond acceptors (Lipinski definition) is 2. The Balaban J connectivity index is 2.27.